The summed E-state index contributed by atoms with van der Waals surface area (Å²) < 4.78 is 1.55. The Bertz CT molecular complexity index is 403. The van der Waals surface area contributed by atoms with Gasteiger partial charge in [-0.2, -0.15) is 5.10 Å². The fraction of sp³-hybridized carbons (Fsp3) is 0.667. The van der Waals surface area contributed by atoms with Gasteiger partial charge in [0.1, 0.15) is 12.4 Å². The molecule has 1 aromatic heterocycles. The summed E-state index contributed by atoms with van der Waals surface area (Å²) in [5.74, 6) is 0.423. The van der Waals surface area contributed by atoms with Crippen LogP contribution in [0.2, 0.25) is 0 Å². The van der Waals surface area contributed by atoms with Crippen molar-refractivity contribution in [3.05, 3.63) is 12.3 Å². The van der Waals surface area contributed by atoms with Crippen LogP contribution >= 0.6 is 0 Å². The molecule has 1 fully saturated rings. The van der Waals surface area contributed by atoms with E-state index in [9.17, 15) is 4.79 Å². The summed E-state index contributed by atoms with van der Waals surface area (Å²) in [5, 5.41) is 6.94. The number of amides is 1. The van der Waals surface area contributed by atoms with Gasteiger partial charge >= 0.3 is 0 Å². The Morgan fingerprint density at radius 1 is 1.61 bits per heavy atom. The first kappa shape index (κ1) is 12.9. The molecule has 6 nitrogen and oxygen atoms in total. The minimum Gasteiger partial charge on any atom is -0.382 e. The number of carbonyl (C=O) groups excluding carboxylic acids is 1. The number of anilines is 1. The molecule has 1 aliphatic heterocycles. The average molecular weight is 251 g/mol. The summed E-state index contributed by atoms with van der Waals surface area (Å²) in [6.45, 7) is 2.07. The van der Waals surface area contributed by atoms with Gasteiger partial charge in [0.05, 0.1) is 0 Å². The summed E-state index contributed by atoms with van der Waals surface area (Å²) in [6, 6.07) is 2.15. The van der Waals surface area contributed by atoms with Crippen molar-refractivity contribution in [2.24, 2.45) is 0 Å². The van der Waals surface area contributed by atoms with Crippen LogP contribution in [0.4, 0.5) is 5.82 Å². The van der Waals surface area contributed by atoms with Gasteiger partial charge in [-0.15, -0.1) is 0 Å². The van der Waals surface area contributed by atoms with Crippen LogP contribution in [-0.4, -0.2) is 46.8 Å². The fourth-order valence-electron chi connectivity index (χ4n) is 2.30. The Morgan fingerprint density at radius 2 is 2.44 bits per heavy atom. The van der Waals surface area contributed by atoms with Gasteiger partial charge in [-0.25, -0.2) is 0 Å². The third kappa shape index (κ3) is 3.46. The van der Waals surface area contributed by atoms with Crippen molar-refractivity contribution in [2.45, 2.75) is 31.8 Å². The van der Waals surface area contributed by atoms with Gasteiger partial charge < -0.3 is 16.0 Å². The van der Waals surface area contributed by atoms with E-state index < -0.39 is 0 Å². The molecule has 0 saturated carbocycles. The molecular weight excluding hydrogens is 230 g/mol. The first-order valence-electron chi connectivity index (χ1n) is 6.41. The number of likely N-dealkylation sites (tertiary alicyclic amines) is 1. The van der Waals surface area contributed by atoms with E-state index in [0.29, 0.717) is 18.4 Å². The molecule has 2 heterocycles. The van der Waals surface area contributed by atoms with Crippen LogP contribution in [0, 0.1) is 0 Å². The third-order valence-corrected chi connectivity index (χ3v) is 3.42. The molecule has 0 bridgehead atoms. The monoisotopic (exact) mass is 251 g/mol. The molecule has 1 aromatic rings. The molecule has 18 heavy (non-hydrogen) atoms. The van der Waals surface area contributed by atoms with Crippen molar-refractivity contribution in [2.75, 3.05) is 25.9 Å². The minimum absolute atomic E-state index is 0.0166. The first-order valence-corrected chi connectivity index (χ1v) is 6.41. The van der Waals surface area contributed by atoms with Crippen LogP contribution in [0.15, 0.2) is 12.3 Å². The molecule has 1 amide bonds. The second kappa shape index (κ2) is 5.86. The summed E-state index contributed by atoms with van der Waals surface area (Å²) in [7, 11) is 2.12. The highest BCUT2D eigenvalue weighted by Gasteiger charge is 2.19. The molecule has 6 heteroatoms. The molecule has 1 atom stereocenters. The van der Waals surface area contributed by atoms with Crippen LogP contribution in [-0.2, 0) is 11.3 Å². The predicted octanol–water partition coefficient (Wildman–Crippen LogP) is 0.0658. The number of rotatable bonds is 4. The Hall–Kier alpha value is -1.56. The third-order valence-electron chi connectivity index (χ3n) is 3.42. The minimum atomic E-state index is -0.0166. The van der Waals surface area contributed by atoms with Crippen LogP contribution in [0.5, 0.6) is 0 Å². The van der Waals surface area contributed by atoms with Gasteiger partial charge in [0.15, 0.2) is 0 Å². The van der Waals surface area contributed by atoms with E-state index in [1.807, 2.05) is 0 Å². The lowest BCUT2D eigenvalue weighted by Gasteiger charge is -2.32. The van der Waals surface area contributed by atoms with E-state index in [4.69, 9.17) is 5.73 Å². The number of carbonyl (C=O) groups is 1. The lowest BCUT2D eigenvalue weighted by molar-refractivity contribution is -0.122. The summed E-state index contributed by atoms with van der Waals surface area (Å²) in [5.41, 5.74) is 5.49. The van der Waals surface area contributed by atoms with Crippen molar-refractivity contribution in [1.82, 2.24) is 20.0 Å². The second-order valence-corrected chi connectivity index (χ2v) is 4.87. The van der Waals surface area contributed by atoms with Crippen LogP contribution in [0.3, 0.4) is 0 Å². The molecular formula is C12H21N5O. The number of nitrogen functional groups attached to an aromatic ring is 1. The Balaban J connectivity index is 1.74. The molecule has 0 spiro atoms. The van der Waals surface area contributed by atoms with Crippen LogP contribution in [0.1, 0.15) is 19.3 Å². The number of hydrogen-bond donors (Lipinski definition) is 2. The van der Waals surface area contributed by atoms with Crippen molar-refractivity contribution < 1.29 is 4.79 Å². The number of aromatic nitrogens is 2. The standard InChI is InChI=1S/C12H21N5O/c1-16-6-3-2-4-10(16)8-14-12(18)9-17-7-5-11(13)15-17/h5,7,10H,2-4,6,8-9H2,1H3,(H2,13,15)(H,14,18). The first-order chi connectivity index (χ1) is 8.65. The maximum Gasteiger partial charge on any atom is 0.241 e. The number of likely N-dealkylation sites (N-methyl/N-ethyl adjacent to an activating group) is 1. The molecule has 1 saturated heterocycles. The zero-order valence-electron chi connectivity index (χ0n) is 10.8. The number of hydrogen-bond acceptors (Lipinski definition) is 4. The van der Waals surface area contributed by atoms with E-state index >= 15 is 0 Å². The number of piperidine rings is 1. The van der Waals surface area contributed by atoms with Gasteiger partial charge in [0.25, 0.3) is 0 Å². The number of nitrogens with zero attached hydrogens (tertiary/aromatic N) is 3. The molecule has 100 valence electrons. The lowest BCUT2D eigenvalue weighted by atomic mass is 10.0. The van der Waals surface area contributed by atoms with E-state index in [0.717, 1.165) is 13.0 Å². The largest absolute Gasteiger partial charge is 0.382 e. The highest BCUT2D eigenvalue weighted by atomic mass is 16.2. The lowest BCUT2D eigenvalue weighted by Crippen LogP contribution is -2.45. The van der Waals surface area contributed by atoms with Crippen molar-refractivity contribution in [3.8, 4) is 0 Å². The SMILES string of the molecule is CN1CCCCC1CNC(=O)Cn1ccc(N)n1. The zero-order chi connectivity index (χ0) is 13.0. The average Bonchev–Trinajstić information content (AvgIpc) is 2.74. The Morgan fingerprint density at radius 3 is 3.11 bits per heavy atom. The smallest absolute Gasteiger partial charge is 0.241 e. The van der Waals surface area contributed by atoms with E-state index in [-0.39, 0.29) is 12.5 Å². The summed E-state index contributed by atoms with van der Waals surface area (Å²) in [6.07, 6.45) is 5.38. The van der Waals surface area contributed by atoms with Crippen molar-refractivity contribution in [3.63, 3.8) is 0 Å². The van der Waals surface area contributed by atoms with Crippen molar-refractivity contribution >= 4 is 11.7 Å². The summed E-state index contributed by atoms with van der Waals surface area (Å²) in [4.78, 5) is 14.1. The van der Waals surface area contributed by atoms with Gasteiger partial charge in [-0.05, 0) is 32.5 Å². The van der Waals surface area contributed by atoms with Crippen LogP contribution in [0.25, 0.3) is 0 Å². The number of nitrogens with two attached hydrogens (primary N) is 1. The van der Waals surface area contributed by atoms with Gasteiger partial charge in [-0.3, -0.25) is 9.48 Å². The highest BCUT2D eigenvalue weighted by molar-refractivity contribution is 5.75. The maximum atomic E-state index is 11.7. The maximum absolute atomic E-state index is 11.7. The molecule has 0 aliphatic carbocycles. The number of nitrogens with one attached hydrogen (secondary N) is 1. The molecule has 3 N–H and O–H groups in total. The van der Waals surface area contributed by atoms with Gasteiger partial charge in [0, 0.05) is 18.8 Å². The molecule has 1 aliphatic rings. The van der Waals surface area contributed by atoms with Crippen LogP contribution < -0.4 is 11.1 Å². The Labute approximate surface area is 107 Å². The Kier molecular flexibility index (Phi) is 4.19. The zero-order valence-corrected chi connectivity index (χ0v) is 10.8. The molecule has 1 unspecified atom stereocenters. The topological polar surface area (TPSA) is 76.2 Å². The normalized spacial score (nSPS) is 20.8. The summed E-state index contributed by atoms with van der Waals surface area (Å²) >= 11 is 0. The van der Waals surface area contributed by atoms with Gasteiger partial charge in [0.2, 0.25) is 5.91 Å². The van der Waals surface area contributed by atoms with E-state index in [1.54, 1.807) is 16.9 Å². The second-order valence-electron chi connectivity index (χ2n) is 4.87. The highest BCUT2D eigenvalue weighted by Crippen LogP contribution is 2.13. The van der Waals surface area contributed by atoms with E-state index in [1.165, 1.54) is 12.8 Å². The van der Waals surface area contributed by atoms with Gasteiger partial charge in [-0.1, -0.05) is 6.42 Å². The van der Waals surface area contributed by atoms with E-state index in [2.05, 4.69) is 22.4 Å². The fourth-order valence-corrected chi connectivity index (χ4v) is 2.30. The predicted molar refractivity (Wildman–Crippen MR) is 69.9 cm³/mol. The molecule has 0 aromatic carbocycles. The molecule has 0 radical (unpaired) electrons. The quantitative estimate of drug-likeness (QED) is 0.793. The van der Waals surface area contributed by atoms with Crippen molar-refractivity contribution in [1.29, 1.82) is 0 Å². The molecule has 2 rings (SSSR count).